The van der Waals surface area contributed by atoms with Crippen molar-refractivity contribution in [2.24, 2.45) is 0 Å². The number of fused-ring (bicyclic) bond motifs is 1. The van der Waals surface area contributed by atoms with Gasteiger partial charge in [0.2, 0.25) is 5.91 Å². The van der Waals surface area contributed by atoms with Crippen LogP contribution in [0.5, 0.6) is 0 Å². The van der Waals surface area contributed by atoms with Crippen LogP contribution in [0.1, 0.15) is 31.4 Å². The molecular formula is C16H22N2O2. The molecule has 3 N–H and O–H groups in total. The molecule has 0 fully saturated rings. The number of aromatic amines is 1. The molecule has 0 saturated carbocycles. The fourth-order valence-electron chi connectivity index (χ4n) is 2.23. The van der Waals surface area contributed by atoms with E-state index < -0.39 is 5.54 Å². The van der Waals surface area contributed by atoms with Crippen molar-refractivity contribution in [3.8, 4) is 0 Å². The molecule has 0 bridgehead atoms. The molecule has 0 aliphatic rings. The van der Waals surface area contributed by atoms with Crippen LogP contribution in [0.2, 0.25) is 0 Å². The Kier molecular flexibility index (Phi) is 4.14. The lowest BCUT2D eigenvalue weighted by Gasteiger charge is -2.23. The van der Waals surface area contributed by atoms with E-state index in [1.807, 2.05) is 6.20 Å². The molecular weight excluding hydrogens is 252 g/mol. The third-order valence-electron chi connectivity index (χ3n) is 3.42. The standard InChI is InChI=1S/C16H22N2O2/c1-11-4-6-14-13(8-11)12(9-17-14)5-7-15(20)18-16(2,3)10-19/h4,6,8-9,17,19H,5,7,10H2,1-3H3,(H,18,20). The molecule has 4 heteroatoms. The normalized spacial score (nSPS) is 11.8. The van der Waals surface area contributed by atoms with Crippen LogP contribution in [-0.4, -0.2) is 28.1 Å². The van der Waals surface area contributed by atoms with Gasteiger partial charge in [0.25, 0.3) is 0 Å². The summed E-state index contributed by atoms with van der Waals surface area (Å²) in [6.07, 6.45) is 3.08. The lowest BCUT2D eigenvalue weighted by molar-refractivity contribution is -0.123. The molecule has 0 unspecified atom stereocenters. The Bertz CT molecular complexity index is 614. The average molecular weight is 274 g/mol. The minimum atomic E-state index is -0.562. The minimum absolute atomic E-state index is 0.0361. The van der Waals surface area contributed by atoms with Crippen LogP contribution in [0.4, 0.5) is 0 Å². The van der Waals surface area contributed by atoms with Crippen LogP contribution in [0.3, 0.4) is 0 Å². The molecule has 108 valence electrons. The van der Waals surface area contributed by atoms with Gasteiger partial charge in [0, 0.05) is 23.5 Å². The highest BCUT2D eigenvalue weighted by atomic mass is 16.3. The molecule has 1 aromatic carbocycles. The van der Waals surface area contributed by atoms with Gasteiger partial charge in [0.1, 0.15) is 0 Å². The van der Waals surface area contributed by atoms with Crippen LogP contribution in [0, 0.1) is 6.92 Å². The van der Waals surface area contributed by atoms with Gasteiger partial charge in [0.05, 0.1) is 12.1 Å². The maximum absolute atomic E-state index is 11.9. The molecule has 20 heavy (non-hydrogen) atoms. The molecule has 1 aromatic heterocycles. The predicted molar refractivity (Wildman–Crippen MR) is 80.7 cm³/mol. The van der Waals surface area contributed by atoms with Crippen LogP contribution >= 0.6 is 0 Å². The number of carbonyl (C=O) groups excluding carboxylic acids is 1. The Balaban J connectivity index is 2.03. The first-order valence-electron chi connectivity index (χ1n) is 6.90. The van der Waals surface area contributed by atoms with Crippen molar-refractivity contribution in [2.75, 3.05) is 6.61 Å². The van der Waals surface area contributed by atoms with Gasteiger partial charge in [-0.05, 0) is 44.9 Å². The quantitative estimate of drug-likeness (QED) is 0.783. The molecule has 0 spiro atoms. The highest BCUT2D eigenvalue weighted by Gasteiger charge is 2.18. The predicted octanol–water partition coefficient (Wildman–Crippen LogP) is 2.30. The second-order valence-electron chi connectivity index (χ2n) is 5.95. The first-order chi connectivity index (χ1) is 9.41. The van der Waals surface area contributed by atoms with Crippen LogP contribution < -0.4 is 5.32 Å². The minimum Gasteiger partial charge on any atom is -0.394 e. The van der Waals surface area contributed by atoms with Crippen LogP contribution in [-0.2, 0) is 11.2 Å². The van der Waals surface area contributed by atoms with Crippen molar-refractivity contribution in [1.82, 2.24) is 10.3 Å². The number of hydrogen-bond donors (Lipinski definition) is 3. The monoisotopic (exact) mass is 274 g/mol. The topological polar surface area (TPSA) is 65.1 Å². The van der Waals surface area contributed by atoms with Gasteiger partial charge >= 0.3 is 0 Å². The summed E-state index contributed by atoms with van der Waals surface area (Å²) in [6, 6.07) is 6.26. The third kappa shape index (κ3) is 3.39. The molecule has 0 aliphatic carbocycles. The number of aliphatic hydroxyl groups excluding tert-OH is 1. The summed E-state index contributed by atoms with van der Waals surface area (Å²) >= 11 is 0. The van der Waals surface area contributed by atoms with Crippen molar-refractivity contribution < 1.29 is 9.90 Å². The van der Waals surface area contributed by atoms with E-state index in [-0.39, 0.29) is 12.5 Å². The Labute approximate surface area is 119 Å². The Morgan fingerprint density at radius 1 is 1.40 bits per heavy atom. The number of nitrogens with one attached hydrogen (secondary N) is 2. The Morgan fingerprint density at radius 2 is 2.15 bits per heavy atom. The summed E-state index contributed by atoms with van der Waals surface area (Å²) in [5, 5.41) is 13.2. The number of aromatic nitrogens is 1. The summed E-state index contributed by atoms with van der Waals surface area (Å²) in [7, 11) is 0. The van der Waals surface area contributed by atoms with E-state index in [2.05, 4.69) is 35.4 Å². The molecule has 4 nitrogen and oxygen atoms in total. The second kappa shape index (κ2) is 5.67. The molecule has 0 aliphatic heterocycles. The lowest BCUT2D eigenvalue weighted by Crippen LogP contribution is -2.46. The smallest absolute Gasteiger partial charge is 0.220 e. The number of amides is 1. The van der Waals surface area contributed by atoms with Gasteiger partial charge in [-0.25, -0.2) is 0 Å². The van der Waals surface area contributed by atoms with E-state index in [0.29, 0.717) is 12.8 Å². The maximum Gasteiger partial charge on any atom is 0.220 e. The third-order valence-corrected chi connectivity index (χ3v) is 3.42. The lowest BCUT2D eigenvalue weighted by atomic mass is 10.0. The zero-order chi connectivity index (χ0) is 14.8. The molecule has 0 radical (unpaired) electrons. The molecule has 1 amide bonds. The number of hydrogen-bond acceptors (Lipinski definition) is 2. The van der Waals surface area contributed by atoms with Crippen LogP contribution in [0.15, 0.2) is 24.4 Å². The number of rotatable bonds is 5. The SMILES string of the molecule is Cc1ccc2[nH]cc(CCC(=O)NC(C)(C)CO)c2c1. The first-order valence-corrected chi connectivity index (χ1v) is 6.90. The molecule has 0 saturated heterocycles. The largest absolute Gasteiger partial charge is 0.394 e. The Hall–Kier alpha value is -1.81. The van der Waals surface area contributed by atoms with E-state index in [4.69, 9.17) is 5.11 Å². The molecule has 1 heterocycles. The van der Waals surface area contributed by atoms with Gasteiger partial charge in [-0.2, -0.15) is 0 Å². The summed E-state index contributed by atoms with van der Waals surface area (Å²) in [6.45, 7) is 5.61. The summed E-state index contributed by atoms with van der Waals surface area (Å²) in [5.41, 5.74) is 2.90. The van der Waals surface area contributed by atoms with Crippen molar-refractivity contribution in [3.63, 3.8) is 0 Å². The van der Waals surface area contributed by atoms with E-state index in [1.165, 1.54) is 10.9 Å². The van der Waals surface area contributed by atoms with Gasteiger partial charge in [-0.15, -0.1) is 0 Å². The number of benzene rings is 1. The fourth-order valence-corrected chi connectivity index (χ4v) is 2.23. The number of aryl methyl sites for hydroxylation is 2. The Morgan fingerprint density at radius 3 is 2.85 bits per heavy atom. The van der Waals surface area contributed by atoms with Crippen molar-refractivity contribution in [1.29, 1.82) is 0 Å². The van der Waals surface area contributed by atoms with Gasteiger partial charge < -0.3 is 15.4 Å². The highest BCUT2D eigenvalue weighted by Crippen LogP contribution is 2.20. The average Bonchev–Trinajstić information content (AvgIpc) is 2.78. The maximum atomic E-state index is 11.9. The fraction of sp³-hybridized carbons (Fsp3) is 0.438. The van der Waals surface area contributed by atoms with Gasteiger partial charge in [-0.3, -0.25) is 4.79 Å². The second-order valence-corrected chi connectivity index (χ2v) is 5.95. The summed E-state index contributed by atoms with van der Waals surface area (Å²) in [5.74, 6) is -0.0361. The van der Waals surface area contributed by atoms with Crippen LogP contribution in [0.25, 0.3) is 10.9 Å². The number of aliphatic hydroxyl groups is 1. The summed E-state index contributed by atoms with van der Waals surface area (Å²) in [4.78, 5) is 15.1. The van der Waals surface area contributed by atoms with Gasteiger partial charge in [-0.1, -0.05) is 11.6 Å². The van der Waals surface area contributed by atoms with E-state index in [1.54, 1.807) is 13.8 Å². The molecule has 2 rings (SSSR count). The zero-order valence-corrected chi connectivity index (χ0v) is 12.3. The highest BCUT2D eigenvalue weighted by molar-refractivity contribution is 5.85. The first kappa shape index (κ1) is 14.6. The van der Waals surface area contributed by atoms with E-state index >= 15 is 0 Å². The van der Waals surface area contributed by atoms with E-state index in [9.17, 15) is 4.79 Å². The molecule has 2 aromatic rings. The number of carbonyl (C=O) groups is 1. The van der Waals surface area contributed by atoms with Gasteiger partial charge in [0.15, 0.2) is 0 Å². The van der Waals surface area contributed by atoms with Crippen molar-refractivity contribution in [2.45, 2.75) is 39.2 Å². The van der Waals surface area contributed by atoms with Crippen molar-refractivity contribution >= 4 is 16.8 Å². The number of H-pyrrole nitrogens is 1. The molecule has 0 atom stereocenters. The van der Waals surface area contributed by atoms with E-state index in [0.717, 1.165) is 11.1 Å². The summed E-state index contributed by atoms with van der Waals surface area (Å²) < 4.78 is 0. The zero-order valence-electron chi connectivity index (χ0n) is 12.3. The van der Waals surface area contributed by atoms with Crippen molar-refractivity contribution in [3.05, 3.63) is 35.5 Å².